The Balaban J connectivity index is 3.03. The molecule has 1 aliphatic carbocycles. The van der Waals surface area contributed by atoms with Gasteiger partial charge in [0.2, 0.25) is 0 Å². The van der Waals surface area contributed by atoms with Crippen molar-refractivity contribution in [3.63, 3.8) is 0 Å². The van der Waals surface area contributed by atoms with Crippen LogP contribution in [0.5, 0.6) is 0 Å². The van der Waals surface area contributed by atoms with Crippen molar-refractivity contribution >= 4 is 11.8 Å². The first-order valence-electron chi connectivity index (χ1n) is 5.31. The predicted molar refractivity (Wildman–Crippen MR) is 60.9 cm³/mol. The van der Waals surface area contributed by atoms with Crippen LogP contribution in [0.4, 0.5) is 0 Å². The molecule has 0 heterocycles. The highest BCUT2D eigenvalue weighted by Crippen LogP contribution is 2.33. The van der Waals surface area contributed by atoms with Gasteiger partial charge in [-0.2, -0.15) is 0 Å². The molecule has 4 nitrogen and oxygen atoms in total. The Bertz CT molecular complexity index is 368. The van der Waals surface area contributed by atoms with Crippen molar-refractivity contribution in [2.45, 2.75) is 26.2 Å². The van der Waals surface area contributed by atoms with Gasteiger partial charge in [0.25, 0.3) is 0 Å². The maximum Gasteiger partial charge on any atom is 0.331 e. The number of carbonyl (C=O) groups excluding carboxylic acids is 1. The third-order valence-electron chi connectivity index (χ3n) is 3.03. The minimum absolute atomic E-state index is 0.130. The SMILES string of the molecule is C=C(C)[C@@H]1CCC(C(=O)O)=C(C(=O)CN)C1. The molecule has 0 radical (unpaired) electrons. The van der Waals surface area contributed by atoms with Gasteiger partial charge < -0.3 is 10.8 Å². The minimum Gasteiger partial charge on any atom is -0.478 e. The third-order valence-corrected chi connectivity index (χ3v) is 3.03. The van der Waals surface area contributed by atoms with Crippen LogP contribution in [-0.2, 0) is 9.59 Å². The van der Waals surface area contributed by atoms with Crippen LogP contribution < -0.4 is 5.73 Å². The Morgan fingerprint density at radius 1 is 1.50 bits per heavy atom. The average molecular weight is 223 g/mol. The smallest absolute Gasteiger partial charge is 0.331 e. The number of hydrogen-bond acceptors (Lipinski definition) is 3. The quantitative estimate of drug-likeness (QED) is 0.703. The fourth-order valence-corrected chi connectivity index (χ4v) is 2.00. The molecule has 1 aliphatic rings. The summed E-state index contributed by atoms with van der Waals surface area (Å²) < 4.78 is 0. The first-order valence-corrected chi connectivity index (χ1v) is 5.31. The van der Waals surface area contributed by atoms with E-state index in [4.69, 9.17) is 10.8 Å². The van der Waals surface area contributed by atoms with Crippen LogP contribution in [0.3, 0.4) is 0 Å². The molecule has 4 heteroatoms. The van der Waals surface area contributed by atoms with E-state index in [9.17, 15) is 9.59 Å². The number of aliphatic carboxylic acids is 1. The molecular formula is C12H17NO3. The number of carbonyl (C=O) groups is 2. The molecule has 0 aromatic rings. The van der Waals surface area contributed by atoms with Crippen molar-refractivity contribution in [3.05, 3.63) is 23.3 Å². The second-order valence-corrected chi connectivity index (χ2v) is 4.18. The number of nitrogens with two attached hydrogens (primary N) is 1. The summed E-state index contributed by atoms with van der Waals surface area (Å²) in [5, 5.41) is 9.00. The molecule has 3 N–H and O–H groups in total. The van der Waals surface area contributed by atoms with Gasteiger partial charge in [-0.05, 0) is 32.1 Å². The second kappa shape index (κ2) is 5.07. The Kier molecular flexibility index (Phi) is 4.01. The monoisotopic (exact) mass is 223 g/mol. The van der Waals surface area contributed by atoms with Crippen molar-refractivity contribution in [1.29, 1.82) is 0 Å². The Labute approximate surface area is 94.8 Å². The number of carboxylic acid groups (broad SMARTS) is 1. The predicted octanol–water partition coefficient (Wildman–Crippen LogP) is 1.27. The summed E-state index contributed by atoms with van der Waals surface area (Å²) in [6.07, 6.45) is 1.64. The molecule has 0 aliphatic heterocycles. The van der Waals surface area contributed by atoms with Crippen molar-refractivity contribution in [2.24, 2.45) is 11.7 Å². The summed E-state index contributed by atoms with van der Waals surface area (Å²) in [7, 11) is 0. The van der Waals surface area contributed by atoms with E-state index in [1.54, 1.807) is 0 Å². The highest BCUT2D eigenvalue weighted by Gasteiger charge is 2.28. The van der Waals surface area contributed by atoms with Gasteiger partial charge in [-0.15, -0.1) is 0 Å². The van der Waals surface area contributed by atoms with Gasteiger partial charge in [0.05, 0.1) is 6.54 Å². The van der Waals surface area contributed by atoms with E-state index in [2.05, 4.69) is 6.58 Å². The van der Waals surface area contributed by atoms with Crippen molar-refractivity contribution in [3.8, 4) is 0 Å². The molecule has 0 saturated carbocycles. The molecular weight excluding hydrogens is 206 g/mol. The lowest BCUT2D eigenvalue weighted by Gasteiger charge is -2.25. The third kappa shape index (κ3) is 2.58. The lowest BCUT2D eigenvalue weighted by Crippen LogP contribution is -2.25. The fraction of sp³-hybridized carbons (Fsp3) is 0.500. The zero-order chi connectivity index (χ0) is 12.3. The van der Waals surface area contributed by atoms with E-state index >= 15 is 0 Å². The summed E-state index contributed by atoms with van der Waals surface area (Å²) in [4.78, 5) is 22.6. The van der Waals surface area contributed by atoms with Crippen LogP contribution in [0.15, 0.2) is 23.3 Å². The van der Waals surface area contributed by atoms with Crippen molar-refractivity contribution in [1.82, 2.24) is 0 Å². The molecule has 0 fully saturated rings. The van der Waals surface area contributed by atoms with Gasteiger partial charge in [-0.3, -0.25) is 4.79 Å². The van der Waals surface area contributed by atoms with E-state index in [0.717, 1.165) is 12.0 Å². The van der Waals surface area contributed by atoms with E-state index in [1.165, 1.54) is 0 Å². The Morgan fingerprint density at radius 2 is 2.12 bits per heavy atom. The summed E-state index contributed by atoms with van der Waals surface area (Å²) >= 11 is 0. The van der Waals surface area contributed by atoms with Crippen LogP contribution in [0.1, 0.15) is 26.2 Å². The van der Waals surface area contributed by atoms with Crippen LogP contribution in [-0.4, -0.2) is 23.4 Å². The summed E-state index contributed by atoms with van der Waals surface area (Å²) in [6, 6.07) is 0. The fourth-order valence-electron chi connectivity index (χ4n) is 2.00. The molecule has 0 amide bonds. The molecule has 16 heavy (non-hydrogen) atoms. The van der Waals surface area contributed by atoms with Crippen molar-refractivity contribution < 1.29 is 14.7 Å². The maximum absolute atomic E-state index is 11.6. The zero-order valence-electron chi connectivity index (χ0n) is 9.45. The summed E-state index contributed by atoms with van der Waals surface area (Å²) in [5.41, 5.74) is 6.89. The van der Waals surface area contributed by atoms with Gasteiger partial charge in [0.15, 0.2) is 5.78 Å². The molecule has 0 aromatic carbocycles. The summed E-state index contributed by atoms with van der Waals surface area (Å²) in [5.74, 6) is -1.06. The maximum atomic E-state index is 11.6. The molecule has 0 spiro atoms. The highest BCUT2D eigenvalue weighted by molar-refractivity contribution is 6.04. The molecule has 1 rings (SSSR count). The second-order valence-electron chi connectivity index (χ2n) is 4.18. The van der Waals surface area contributed by atoms with Gasteiger partial charge >= 0.3 is 5.97 Å². The number of hydrogen-bond donors (Lipinski definition) is 2. The highest BCUT2D eigenvalue weighted by atomic mass is 16.4. The number of carboxylic acids is 1. The lowest BCUT2D eigenvalue weighted by molar-refractivity contribution is -0.133. The minimum atomic E-state index is -1.00. The van der Waals surface area contributed by atoms with E-state index in [1.807, 2.05) is 6.92 Å². The molecule has 0 bridgehead atoms. The van der Waals surface area contributed by atoms with Gasteiger partial charge in [0.1, 0.15) is 0 Å². The van der Waals surface area contributed by atoms with Crippen LogP contribution in [0.2, 0.25) is 0 Å². The van der Waals surface area contributed by atoms with Crippen LogP contribution >= 0.6 is 0 Å². The number of allylic oxidation sites excluding steroid dienone is 1. The lowest BCUT2D eigenvalue weighted by atomic mass is 9.79. The standard InChI is InChI=1S/C12H17NO3/c1-7(2)8-3-4-9(12(15)16)10(5-8)11(14)6-13/h8H,1,3-6,13H2,2H3,(H,15,16)/t8-/m1/s1. The first-order chi connectivity index (χ1) is 7.47. The molecule has 0 unspecified atom stereocenters. The van der Waals surface area contributed by atoms with Crippen LogP contribution in [0.25, 0.3) is 0 Å². The van der Waals surface area contributed by atoms with E-state index in [0.29, 0.717) is 18.4 Å². The normalized spacial score (nSPS) is 20.8. The zero-order valence-corrected chi connectivity index (χ0v) is 9.45. The van der Waals surface area contributed by atoms with Gasteiger partial charge in [-0.25, -0.2) is 4.79 Å². The van der Waals surface area contributed by atoms with Crippen LogP contribution in [0, 0.1) is 5.92 Å². The Hall–Kier alpha value is -1.42. The number of ketones is 1. The number of rotatable bonds is 4. The van der Waals surface area contributed by atoms with E-state index in [-0.39, 0.29) is 23.8 Å². The number of Topliss-reactive ketones (excluding diaryl/α,β-unsaturated/α-hetero) is 1. The molecule has 1 atom stereocenters. The molecule has 0 saturated heterocycles. The molecule has 0 aromatic heterocycles. The topological polar surface area (TPSA) is 80.4 Å². The first kappa shape index (κ1) is 12.6. The van der Waals surface area contributed by atoms with Gasteiger partial charge in [-0.1, -0.05) is 12.2 Å². The average Bonchev–Trinajstić information content (AvgIpc) is 2.26. The molecule has 88 valence electrons. The van der Waals surface area contributed by atoms with Crippen molar-refractivity contribution in [2.75, 3.05) is 6.54 Å². The Morgan fingerprint density at radius 3 is 2.56 bits per heavy atom. The summed E-state index contributed by atoms with van der Waals surface area (Å²) in [6.45, 7) is 5.63. The van der Waals surface area contributed by atoms with Gasteiger partial charge in [0, 0.05) is 11.1 Å². The van der Waals surface area contributed by atoms with E-state index < -0.39 is 5.97 Å². The largest absolute Gasteiger partial charge is 0.478 e.